The van der Waals surface area contributed by atoms with Gasteiger partial charge in [0, 0.05) is 0 Å². The summed E-state index contributed by atoms with van der Waals surface area (Å²) in [7, 11) is 0. The van der Waals surface area contributed by atoms with E-state index in [0.29, 0.717) is 5.69 Å². The van der Waals surface area contributed by atoms with Crippen molar-refractivity contribution in [3.63, 3.8) is 0 Å². The quantitative estimate of drug-likeness (QED) is 0.0691. The van der Waals surface area contributed by atoms with E-state index >= 15 is 0 Å². The van der Waals surface area contributed by atoms with Crippen LogP contribution < -0.4 is 0 Å². The molecule has 0 spiro atoms. The van der Waals surface area contributed by atoms with Crippen LogP contribution in [0.5, 0.6) is 0 Å². The Morgan fingerprint density at radius 2 is 0.787 bits per heavy atom. The van der Waals surface area contributed by atoms with Gasteiger partial charge in [-0.15, -0.1) is 5.10 Å². The normalized spacial score (nSPS) is 12.7. The summed E-state index contributed by atoms with van der Waals surface area (Å²) in [5, 5.41) is 9.05. The van der Waals surface area contributed by atoms with Gasteiger partial charge in [0.25, 0.3) is 0 Å². The molecule has 4 atom stereocenters. The summed E-state index contributed by atoms with van der Waals surface area (Å²) >= 11 is 0. The number of aromatic nitrogens is 3. The molecule has 0 aliphatic carbocycles. The van der Waals surface area contributed by atoms with Gasteiger partial charge in [0.05, 0.1) is 39.7 Å². The van der Waals surface area contributed by atoms with Crippen molar-refractivity contribution in [3.05, 3.63) is 222 Å². The lowest BCUT2D eigenvalue weighted by molar-refractivity contribution is -0.133. The van der Waals surface area contributed by atoms with Crippen molar-refractivity contribution in [1.82, 2.24) is 15.0 Å². The van der Waals surface area contributed by atoms with Gasteiger partial charge >= 0.3 is 29.8 Å². The van der Waals surface area contributed by atoms with E-state index in [-0.39, 0.29) is 33.5 Å². The number of ether oxygens (including phenoxy) is 5. The van der Waals surface area contributed by atoms with Gasteiger partial charge in [-0.25, -0.2) is 24.0 Å². The smallest absolute Gasteiger partial charge is 0.338 e. The number of carbonyl (C=O) groups is 5. The van der Waals surface area contributed by atoms with E-state index in [0.717, 1.165) is 0 Å². The molecule has 0 bridgehead atoms. The summed E-state index contributed by atoms with van der Waals surface area (Å²) in [5.74, 6) is -4.45. The molecule has 0 aliphatic heterocycles. The molecule has 0 fully saturated rings. The first-order chi connectivity index (χ1) is 29.8. The molecule has 0 saturated carbocycles. The highest BCUT2D eigenvalue weighted by Crippen LogP contribution is 2.32. The van der Waals surface area contributed by atoms with Crippen LogP contribution in [0.25, 0.3) is 5.69 Å². The van der Waals surface area contributed by atoms with E-state index in [2.05, 4.69) is 10.2 Å². The molecule has 0 aliphatic rings. The number of nitrogens with zero attached hydrogens (tertiary/aromatic N) is 3. The lowest BCUT2D eigenvalue weighted by Crippen LogP contribution is -2.51. The molecular weight excluding hydrogens is 779 g/mol. The summed E-state index contributed by atoms with van der Waals surface area (Å²) in [5.41, 5.74) is 1.04. The summed E-state index contributed by atoms with van der Waals surface area (Å²) in [6.07, 6.45) is -5.86. The minimum absolute atomic E-state index is 0.0471. The number of rotatable bonds is 16. The topological polar surface area (TPSA) is 162 Å². The summed E-state index contributed by atoms with van der Waals surface area (Å²) < 4.78 is 30.5. The van der Waals surface area contributed by atoms with Crippen LogP contribution in [0.3, 0.4) is 0 Å². The molecule has 61 heavy (non-hydrogen) atoms. The average molecular weight is 816 g/mol. The standard InChI is InChI=1S/C48H37N3O10/c52-44(33-19-7-1-8-20-33)57-32-40(58-45(53)34-21-9-2-10-22-34)42(60-47(55)36-25-13-4-14-26-36)43(61-48(56)37-27-15-5-16-28-37)41(59-46(54)35-23-11-3-12-24-35)39-31-49-51(50-39)38-29-17-6-18-30-38/h1-31,40-43H,32H2/t40-,41+,42-,43+/m0/s1. The zero-order valence-electron chi connectivity index (χ0n) is 32.3. The first kappa shape index (κ1) is 41.0. The molecule has 6 aromatic carbocycles. The monoisotopic (exact) mass is 815 g/mol. The average Bonchev–Trinajstić information content (AvgIpc) is 3.82. The van der Waals surface area contributed by atoms with Crippen LogP contribution in [0, 0.1) is 0 Å². The Hall–Kier alpha value is -8.19. The summed E-state index contributed by atoms with van der Waals surface area (Å²) in [6, 6.07) is 48.7. The maximum Gasteiger partial charge on any atom is 0.338 e. The molecule has 1 aromatic heterocycles. The summed E-state index contributed by atoms with van der Waals surface area (Å²) in [6.45, 7) is -0.728. The molecule has 13 nitrogen and oxygen atoms in total. The Morgan fingerprint density at radius 3 is 1.23 bits per heavy atom. The van der Waals surface area contributed by atoms with Gasteiger partial charge < -0.3 is 23.7 Å². The molecule has 7 aromatic rings. The molecule has 0 N–H and O–H groups in total. The predicted molar refractivity (Wildman–Crippen MR) is 220 cm³/mol. The maximum absolute atomic E-state index is 14.2. The van der Waals surface area contributed by atoms with E-state index in [1.165, 1.54) is 71.7 Å². The first-order valence-corrected chi connectivity index (χ1v) is 19.1. The number of carbonyl (C=O) groups excluding carboxylic acids is 5. The third-order valence-electron chi connectivity index (χ3n) is 9.18. The van der Waals surface area contributed by atoms with E-state index in [9.17, 15) is 24.0 Å². The van der Waals surface area contributed by atoms with Crippen molar-refractivity contribution in [2.24, 2.45) is 0 Å². The van der Waals surface area contributed by atoms with Crippen molar-refractivity contribution >= 4 is 29.8 Å². The Kier molecular flexibility index (Phi) is 13.4. The minimum atomic E-state index is -1.87. The zero-order valence-corrected chi connectivity index (χ0v) is 32.3. The fraction of sp³-hybridized carbons (Fsp3) is 0.104. The Bertz CT molecular complexity index is 2540. The maximum atomic E-state index is 14.2. The number of hydrogen-bond donors (Lipinski definition) is 0. The van der Waals surface area contributed by atoms with Crippen molar-refractivity contribution in [1.29, 1.82) is 0 Å². The van der Waals surface area contributed by atoms with Crippen LogP contribution in [-0.2, 0) is 23.7 Å². The molecule has 0 unspecified atom stereocenters. The van der Waals surface area contributed by atoms with Gasteiger partial charge in [0.1, 0.15) is 12.3 Å². The lowest BCUT2D eigenvalue weighted by Gasteiger charge is -2.35. The van der Waals surface area contributed by atoms with Crippen LogP contribution in [-0.4, -0.2) is 69.8 Å². The van der Waals surface area contributed by atoms with Crippen molar-refractivity contribution < 1.29 is 47.7 Å². The molecule has 7 rings (SSSR count). The molecule has 0 saturated heterocycles. The number of benzene rings is 6. The van der Waals surface area contributed by atoms with Gasteiger partial charge in [0.2, 0.25) is 0 Å². The fourth-order valence-electron chi connectivity index (χ4n) is 6.12. The Morgan fingerprint density at radius 1 is 0.426 bits per heavy atom. The van der Waals surface area contributed by atoms with E-state index in [4.69, 9.17) is 23.7 Å². The second-order valence-electron chi connectivity index (χ2n) is 13.3. The van der Waals surface area contributed by atoms with E-state index in [1.54, 1.807) is 115 Å². The van der Waals surface area contributed by atoms with Gasteiger partial charge in [-0.1, -0.05) is 109 Å². The second-order valence-corrected chi connectivity index (χ2v) is 13.3. The lowest BCUT2D eigenvalue weighted by atomic mass is 9.99. The predicted octanol–water partition coefficient (Wildman–Crippen LogP) is 7.70. The van der Waals surface area contributed by atoms with Gasteiger partial charge in [-0.2, -0.15) is 9.90 Å². The van der Waals surface area contributed by atoms with Crippen molar-refractivity contribution in [3.8, 4) is 5.69 Å². The number of para-hydroxylation sites is 1. The highest BCUT2D eigenvalue weighted by atomic mass is 16.6. The largest absolute Gasteiger partial charge is 0.458 e. The highest BCUT2D eigenvalue weighted by molar-refractivity contribution is 5.92. The minimum Gasteiger partial charge on any atom is -0.458 e. The van der Waals surface area contributed by atoms with Crippen LogP contribution in [0.2, 0.25) is 0 Å². The second kappa shape index (κ2) is 20.0. The van der Waals surface area contributed by atoms with Gasteiger partial charge in [-0.3, -0.25) is 0 Å². The van der Waals surface area contributed by atoms with Crippen molar-refractivity contribution in [2.75, 3.05) is 6.61 Å². The Labute approximate surface area is 350 Å². The third-order valence-corrected chi connectivity index (χ3v) is 9.18. The molecular formula is C48H37N3O10. The van der Waals surface area contributed by atoms with E-state index < -0.39 is 60.9 Å². The Balaban J connectivity index is 1.39. The van der Waals surface area contributed by atoms with Crippen LogP contribution in [0.4, 0.5) is 0 Å². The van der Waals surface area contributed by atoms with Crippen LogP contribution >= 0.6 is 0 Å². The van der Waals surface area contributed by atoms with E-state index in [1.807, 2.05) is 6.07 Å². The third kappa shape index (κ3) is 10.7. The first-order valence-electron chi connectivity index (χ1n) is 19.1. The molecule has 0 radical (unpaired) electrons. The highest BCUT2D eigenvalue weighted by Gasteiger charge is 2.47. The number of esters is 5. The van der Waals surface area contributed by atoms with Gasteiger partial charge in [-0.05, 0) is 72.8 Å². The fourth-order valence-corrected chi connectivity index (χ4v) is 6.12. The summed E-state index contributed by atoms with van der Waals surface area (Å²) in [4.78, 5) is 71.1. The zero-order chi connectivity index (χ0) is 42.4. The number of hydrogen-bond acceptors (Lipinski definition) is 12. The molecule has 0 amide bonds. The molecule has 13 heteroatoms. The van der Waals surface area contributed by atoms with Crippen molar-refractivity contribution in [2.45, 2.75) is 24.4 Å². The van der Waals surface area contributed by atoms with Crippen LogP contribution in [0.15, 0.2) is 188 Å². The van der Waals surface area contributed by atoms with Gasteiger partial charge in [0.15, 0.2) is 24.4 Å². The molecule has 1 heterocycles. The van der Waals surface area contributed by atoms with Crippen LogP contribution in [0.1, 0.15) is 63.6 Å². The molecule has 304 valence electrons. The SMILES string of the molecule is O=C(OC[C@H](OC(=O)c1ccccc1)[C@H](OC(=O)c1ccccc1)[C@H](OC(=O)c1ccccc1)[C@H](OC(=O)c1ccccc1)c1cnn(-c2ccccc2)n1)c1ccccc1.